The second kappa shape index (κ2) is 6.21. The van der Waals surface area contributed by atoms with Gasteiger partial charge in [0, 0.05) is 23.4 Å². The summed E-state index contributed by atoms with van der Waals surface area (Å²) in [6, 6.07) is 1.70. The highest BCUT2D eigenvalue weighted by Gasteiger charge is 2.23. The average molecular weight is 289 g/mol. The number of rotatable bonds is 2. The van der Waals surface area contributed by atoms with E-state index in [0.717, 1.165) is 31.4 Å². The van der Waals surface area contributed by atoms with Crippen molar-refractivity contribution < 1.29 is 9.32 Å². The van der Waals surface area contributed by atoms with Gasteiger partial charge in [-0.25, -0.2) is 4.79 Å². The number of urea groups is 1. The van der Waals surface area contributed by atoms with Gasteiger partial charge in [0.05, 0.1) is 0 Å². The van der Waals surface area contributed by atoms with Gasteiger partial charge >= 0.3 is 6.03 Å². The van der Waals surface area contributed by atoms with Crippen molar-refractivity contribution in [3.63, 3.8) is 0 Å². The summed E-state index contributed by atoms with van der Waals surface area (Å²) < 4.78 is 5.23. The molecule has 1 aromatic heterocycles. The minimum absolute atomic E-state index is 0.128. The zero-order valence-electron chi connectivity index (χ0n) is 12.9. The molecular formula is C16H23N3O2. The van der Waals surface area contributed by atoms with E-state index in [4.69, 9.17) is 10.9 Å². The van der Waals surface area contributed by atoms with E-state index >= 15 is 0 Å². The van der Waals surface area contributed by atoms with E-state index in [1.807, 2.05) is 20.8 Å². The molecule has 21 heavy (non-hydrogen) atoms. The fourth-order valence-electron chi connectivity index (χ4n) is 2.43. The number of anilines is 1. The molecule has 2 amide bonds. The van der Waals surface area contributed by atoms with Gasteiger partial charge in [-0.3, -0.25) is 5.32 Å². The molecule has 0 saturated heterocycles. The van der Waals surface area contributed by atoms with Crippen molar-refractivity contribution in [2.24, 2.45) is 5.92 Å². The number of hydrogen-bond donors (Lipinski definition) is 2. The van der Waals surface area contributed by atoms with Crippen LogP contribution in [-0.4, -0.2) is 17.2 Å². The second-order valence-electron chi connectivity index (χ2n) is 6.64. The van der Waals surface area contributed by atoms with E-state index in [-0.39, 0.29) is 17.5 Å². The van der Waals surface area contributed by atoms with Gasteiger partial charge in [-0.15, -0.1) is 12.3 Å². The van der Waals surface area contributed by atoms with Crippen LogP contribution in [0.1, 0.15) is 52.2 Å². The lowest BCUT2D eigenvalue weighted by atomic mass is 9.87. The van der Waals surface area contributed by atoms with Gasteiger partial charge in [0.15, 0.2) is 5.82 Å². The minimum Gasteiger partial charge on any atom is -0.359 e. The molecule has 1 saturated carbocycles. The number of nitrogens with zero attached hydrogens (tertiary/aromatic N) is 1. The standard InChI is InChI=1S/C16H23N3O2/c1-5-11-6-8-12(9-7-11)17-15(20)18-14-10-13(21-19-14)16(2,3)4/h1,10-12H,6-9H2,2-4H3,(H2,17,18,19,20). The van der Waals surface area contributed by atoms with Crippen molar-refractivity contribution in [3.05, 3.63) is 11.8 Å². The van der Waals surface area contributed by atoms with Crippen molar-refractivity contribution >= 4 is 11.8 Å². The Morgan fingerprint density at radius 3 is 2.57 bits per heavy atom. The zero-order valence-corrected chi connectivity index (χ0v) is 12.9. The molecule has 0 atom stereocenters. The zero-order chi connectivity index (χ0) is 15.5. The molecule has 5 heteroatoms. The Balaban J connectivity index is 1.83. The van der Waals surface area contributed by atoms with Crippen molar-refractivity contribution in [3.8, 4) is 12.3 Å². The van der Waals surface area contributed by atoms with Crippen LogP contribution in [0.15, 0.2) is 10.6 Å². The fourth-order valence-corrected chi connectivity index (χ4v) is 2.43. The van der Waals surface area contributed by atoms with Crippen molar-refractivity contribution in [2.75, 3.05) is 5.32 Å². The number of carbonyl (C=O) groups excluding carboxylic acids is 1. The molecule has 0 unspecified atom stereocenters. The highest BCUT2D eigenvalue weighted by molar-refractivity contribution is 5.88. The molecular weight excluding hydrogens is 266 g/mol. The molecule has 0 aromatic carbocycles. The Kier molecular flexibility index (Phi) is 4.56. The summed E-state index contributed by atoms with van der Waals surface area (Å²) in [5.41, 5.74) is -0.128. The number of terminal acetylenes is 1. The lowest BCUT2D eigenvalue weighted by molar-refractivity contribution is 0.241. The van der Waals surface area contributed by atoms with Crippen LogP contribution in [0.2, 0.25) is 0 Å². The minimum atomic E-state index is -0.243. The van der Waals surface area contributed by atoms with Crippen LogP contribution >= 0.6 is 0 Å². The monoisotopic (exact) mass is 289 g/mol. The van der Waals surface area contributed by atoms with Gasteiger partial charge in [-0.2, -0.15) is 0 Å². The van der Waals surface area contributed by atoms with E-state index in [9.17, 15) is 4.79 Å². The van der Waals surface area contributed by atoms with Crippen molar-refractivity contribution in [1.29, 1.82) is 0 Å². The number of aromatic nitrogens is 1. The average Bonchev–Trinajstić information content (AvgIpc) is 2.88. The smallest absolute Gasteiger partial charge is 0.320 e. The van der Waals surface area contributed by atoms with Crippen LogP contribution in [0.25, 0.3) is 0 Å². The molecule has 0 spiro atoms. The number of hydrogen-bond acceptors (Lipinski definition) is 3. The maximum absolute atomic E-state index is 11.9. The predicted octanol–water partition coefficient (Wildman–Crippen LogP) is 3.29. The molecule has 5 nitrogen and oxygen atoms in total. The highest BCUT2D eigenvalue weighted by Crippen LogP contribution is 2.25. The molecule has 0 bridgehead atoms. The number of nitrogens with one attached hydrogen (secondary N) is 2. The molecule has 1 fully saturated rings. The third-order valence-corrected chi connectivity index (χ3v) is 3.79. The predicted molar refractivity (Wildman–Crippen MR) is 81.9 cm³/mol. The topological polar surface area (TPSA) is 67.2 Å². The van der Waals surface area contributed by atoms with Gasteiger partial charge in [-0.1, -0.05) is 25.9 Å². The summed E-state index contributed by atoms with van der Waals surface area (Å²) in [5, 5.41) is 9.54. The lowest BCUT2D eigenvalue weighted by Gasteiger charge is -2.26. The maximum Gasteiger partial charge on any atom is 0.320 e. The third kappa shape index (κ3) is 4.25. The molecule has 0 radical (unpaired) electrons. The van der Waals surface area contributed by atoms with Crippen LogP contribution in [0.5, 0.6) is 0 Å². The molecule has 2 N–H and O–H groups in total. The third-order valence-electron chi connectivity index (χ3n) is 3.79. The summed E-state index contributed by atoms with van der Waals surface area (Å²) in [7, 11) is 0. The normalized spacial score (nSPS) is 22.4. The molecule has 0 aliphatic heterocycles. The van der Waals surface area contributed by atoms with Gasteiger partial charge in [0.25, 0.3) is 0 Å². The summed E-state index contributed by atoms with van der Waals surface area (Å²) in [5.74, 6) is 4.32. The van der Waals surface area contributed by atoms with E-state index in [2.05, 4.69) is 21.7 Å². The Morgan fingerprint density at radius 1 is 1.38 bits per heavy atom. The summed E-state index contributed by atoms with van der Waals surface area (Å²) >= 11 is 0. The van der Waals surface area contributed by atoms with Crippen LogP contribution in [-0.2, 0) is 5.41 Å². The SMILES string of the molecule is C#CC1CCC(NC(=O)Nc2cc(C(C)(C)C)on2)CC1. The Labute approximate surface area is 125 Å². The molecule has 2 rings (SSSR count). The Bertz CT molecular complexity index is 528. The molecule has 1 aliphatic carbocycles. The maximum atomic E-state index is 11.9. The summed E-state index contributed by atoms with van der Waals surface area (Å²) in [4.78, 5) is 11.9. The van der Waals surface area contributed by atoms with Crippen LogP contribution in [0.3, 0.4) is 0 Å². The Morgan fingerprint density at radius 2 is 2.05 bits per heavy atom. The number of amides is 2. The van der Waals surface area contributed by atoms with Crippen LogP contribution < -0.4 is 10.6 Å². The first kappa shape index (κ1) is 15.4. The first-order valence-corrected chi connectivity index (χ1v) is 7.39. The molecule has 1 heterocycles. The van der Waals surface area contributed by atoms with Crippen LogP contribution in [0, 0.1) is 18.3 Å². The lowest BCUT2D eigenvalue weighted by Crippen LogP contribution is -2.40. The van der Waals surface area contributed by atoms with Crippen molar-refractivity contribution in [1.82, 2.24) is 10.5 Å². The van der Waals surface area contributed by atoms with E-state index in [1.54, 1.807) is 6.07 Å². The summed E-state index contributed by atoms with van der Waals surface area (Å²) in [6.45, 7) is 6.09. The highest BCUT2D eigenvalue weighted by atomic mass is 16.5. The van der Waals surface area contributed by atoms with E-state index in [0.29, 0.717) is 11.7 Å². The van der Waals surface area contributed by atoms with Gasteiger partial charge in [0.2, 0.25) is 0 Å². The molecule has 1 aromatic rings. The fraction of sp³-hybridized carbons (Fsp3) is 0.625. The van der Waals surface area contributed by atoms with Gasteiger partial charge in [-0.05, 0) is 25.7 Å². The van der Waals surface area contributed by atoms with Gasteiger partial charge < -0.3 is 9.84 Å². The molecule has 1 aliphatic rings. The van der Waals surface area contributed by atoms with E-state index in [1.165, 1.54) is 0 Å². The molecule has 114 valence electrons. The first-order chi connectivity index (χ1) is 9.88. The van der Waals surface area contributed by atoms with Crippen molar-refractivity contribution in [2.45, 2.75) is 57.9 Å². The summed E-state index contributed by atoms with van der Waals surface area (Å²) in [6.07, 6.45) is 9.21. The van der Waals surface area contributed by atoms with Gasteiger partial charge in [0.1, 0.15) is 5.76 Å². The number of carbonyl (C=O) groups is 1. The second-order valence-corrected chi connectivity index (χ2v) is 6.64. The Hall–Kier alpha value is -1.96. The van der Waals surface area contributed by atoms with E-state index < -0.39 is 0 Å². The van der Waals surface area contributed by atoms with Crippen LogP contribution in [0.4, 0.5) is 10.6 Å². The largest absolute Gasteiger partial charge is 0.359 e. The quantitative estimate of drug-likeness (QED) is 0.821. The first-order valence-electron chi connectivity index (χ1n) is 7.39.